The Bertz CT molecular complexity index is 1190. The van der Waals surface area contributed by atoms with Crippen LogP contribution in [0.15, 0.2) is 91.0 Å². The Morgan fingerprint density at radius 1 is 0.722 bits per heavy atom. The summed E-state index contributed by atoms with van der Waals surface area (Å²) < 4.78 is 35.9. The van der Waals surface area contributed by atoms with Crippen molar-refractivity contribution < 1.29 is 38.0 Å². The van der Waals surface area contributed by atoms with Gasteiger partial charge in [-0.25, -0.2) is 9.59 Å². The SMILES string of the molecule is CO[C@]1(c2ccccc2)O[C@@H]2O[C@@H](C)[C@@H](OC(=O)c3ccccc3)[C@H](OC(=O)c3ccccc3)[C@H]2O1. The molecule has 0 N–H and O–H groups in total. The molecule has 0 radical (unpaired) electrons. The van der Waals surface area contributed by atoms with E-state index >= 15 is 0 Å². The molecule has 2 saturated heterocycles. The van der Waals surface area contributed by atoms with Gasteiger partial charge in [0, 0.05) is 12.7 Å². The van der Waals surface area contributed by atoms with Gasteiger partial charge in [-0.1, -0.05) is 66.7 Å². The van der Waals surface area contributed by atoms with E-state index in [1.807, 2.05) is 18.2 Å². The molecule has 6 atom stereocenters. The summed E-state index contributed by atoms with van der Waals surface area (Å²) in [6.45, 7) is 1.72. The molecule has 36 heavy (non-hydrogen) atoms. The molecular formula is C28H26O8. The van der Waals surface area contributed by atoms with Crippen LogP contribution in [0.3, 0.4) is 0 Å². The Labute approximate surface area is 208 Å². The summed E-state index contributed by atoms with van der Waals surface area (Å²) in [6.07, 6.45) is -4.58. The lowest BCUT2D eigenvalue weighted by molar-refractivity contribution is -0.356. The van der Waals surface area contributed by atoms with Crippen LogP contribution in [0.5, 0.6) is 0 Å². The molecule has 0 saturated carbocycles. The first-order valence-corrected chi connectivity index (χ1v) is 11.6. The maximum Gasteiger partial charge on any atom is 0.338 e. The fraction of sp³-hybridized carbons (Fsp3) is 0.286. The number of esters is 2. The van der Waals surface area contributed by atoms with Crippen LogP contribution >= 0.6 is 0 Å². The van der Waals surface area contributed by atoms with Gasteiger partial charge in [-0.05, 0) is 31.2 Å². The molecule has 0 aromatic heterocycles. The molecular weight excluding hydrogens is 464 g/mol. The second-order valence-corrected chi connectivity index (χ2v) is 8.51. The average Bonchev–Trinajstić information content (AvgIpc) is 3.31. The second kappa shape index (κ2) is 10.2. The van der Waals surface area contributed by atoms with E-state index in [2.05, 4.69) is 0 Å². The highest BCUT2D eigenvalue weighted by Crippen LogP contribution is 2.44. The van der Waals surface area contributed by atoms with Gasteiger partial charge in [0.2, 0.25) is 0 Å². The van der Waals surface area contributed by atoms with Crippen molar-refractivity contribution in [3.05, 3.63) is 108 Å². The fourth-order valence-electron chi connectivity index (χ4n) is 4.37. The molecule has 0 bridgehead atoms. The number of carbonyl (C=O) groups excluding carboxylic acids is 2. The first-order chi connectivity index (χ1) is 17.5. The second-order valence-electron chi connectivity index (χ2n) is 8.51. The Morgan fingerprint density at radius 3 is 1.75 bits per heavy atom. The van der Waals surface area contributed by atoms with E-state index < -0.39 is 48.6 Å². The Kier molecular flexibility index (Phi) is 6.84. The normalized spacial score (nSPS) is 29.2. The van der Waals surface area contributed by atoms with Gasteiger partial charge in [0.05, 0.1) is 17.2 Å². The van der Waals surface area contributed by atoms with Gasteiger partial charge in [-0.15, -0.1) is 0 Å². The minimum absolute atomic E-state index is 0.348. The van der Waals surface area contributed by atoms with Crippen molar-refractivity contribution >= 4 is 11.9 Å². The largest absolute Gasteiger partial charge is 0.452 e. The number of hydrogen-bond donors (Lipinski definition) is 0. The lowest BCUT2D eigenvalue weighted by Gasteiger charge is -2.40. The summed E-state index contributed by atoms with van der Waals surface area (Å²) in [6, 6.07) is 26.2. The molecule has 2 heterocycles. The first-order valence-electron chi connectivity index (χ1n) is 11.6. The maximum atomic E-state index is 13.1. The third-order valence-corrected chi connectivity index (χ3v) is 6.19. The number of methoxy groups -OCH3 is 1. The predicted molar refractivity (Wildman–Crippen MR) is 127 cm³/mol. The highest BCUT2D eigenvalue weighted by atomic mass is 16.9. The summed E-state index contributed by atoms with van der Waals surface area (Å²) in [7, 11) is 1.45. The van der Waals surface area contributed by atoms with Gasteiger partial charge in [0.15, 0.2) is 24.6 Å². The minimum atomic E-state index is -1.59. The third-order valence-electron chi connectivity index (χ3n) is 6.19. The van der Waals surface area contributed by atoms with Crippen LogP contribution in [0.4, 0.5) is 0 Å². The fourth-order valence-corrected chi connectivity index (χ4v) is 4.37. The van der Waals surface area contributed by atoms with Gasteiger partial charge < -0.3 is 23.7 Å². The topological polar surface area (TPSA) is 89.5 Å². The van der Waals surface area contributed by atoms with Crippen LogP contribution in [0.1, 0.15) is 33.2 Å². The predicted octanol–water partition coefficient (Wildman–Crippen LogP) is 4.05. The van der Waals surface area contributed by atoms with Crippen molar-refractivity contribution in [2.24, 2.45) is 0 Å². The zero-order chi connectivity index (χ0) is 25.1. The lowest BCUT2D eigenvalue weighted by atomic mass is 9.99. The van der Waals surface area contributed by atoms with Gasteiger partial charge in [0.1, 0.15) is 0 Å². The van der Waals surface area contributed by atoms with E-state index in [1.54, 1.807) is 79.7 Å². The summed E-state index contributed by atoms with van der Waals surface area (Å²) in [5, 5.41) is 0. The van der Waals surface area contributed by atoms with Crippen LogP contribution in [0, 0.1) is 0 Å². The first kappa shape index (κ1) is 24.1. The summed E-state index contributed by atoms with van der Waals surface area (Å²) in [5.74, 6) is -2.76. The Morgan fingerprint density at radius 2 is 1.22 bits per heavy atom. The molecule has 0 aliphatic carbocycles. The highest BCUT2D eigenvalue weighted by molar-refractivity contribution is 5.90. The van der Waals surface area contributed by atoms with Crippen LogP contribution in [0.2, 0.25) is 0 Å². The Balaban J connectivity index is 1.47. The molecule has 3 aromatic rings. The lowest BCUT2D eigenvalue weighted by Crippen LogP contribution is -2.58. The molecule has 8 heteroatoms. The zero-order valence-electron chi connectivity index (χ0n) is 19.8. The van der Waals surface area contributed by atoms with Crippen LogP contribution in [0.25, 0.3) is 0 Å². The molecule has 186 valence electrons. The van der Waals surface area contributed by atoms with Gasteiger partial charge in [-0.3, -0.25) is 4.74 Å². The molecule has 2 aliphatic heterocycles. The van der Waals surface area contributed by atoms with E-state index in [4.69, 9.17) is 28.4 Å². The van der Waals surface area contributed by atoms with E-state index in [1.165, 1.54) is 7.11 Å². The third kappa shape index (κ3) is 4.64. The van der Waals surface area contributed by atoms with Gasteiger partial charge >= 0.3 is 17.9 Å². The standard InChI is InChI=1S/C28H26O8/c1-18-22(33-25(29)19-12-6-3-7-13-19)23(34-26(30)20-14-8-4-9-15-20)24-27(32-18)36-28(31-2,35-24)21-16-10-5-11-17-21/h3-18,22-24,27H,1-2H3/t18-,22+,23-,24+,27-,28-/m0/s1. The number of fused-ring (bicyclic) bond motifs is 1. The monoisotopic (exact) mass is 490 g/mol. The number of hydrogen-bond acceptors (Lipinski definition) is 8. The number of ether oxygens (including phenoxy) is 6. The minimum Gasteiger partial charge on any atom is -0.452 e. The Hall–Kier alpha value is -3.56. The van der Waals surface area contributed by atoms with Crippen molar-refractivity contribution in [1.82, 2.24) is 0 Å². The number of benzene rings is 3. The summed E-state index contributed by atoms with van der Waals surface area (Å²) in [4.78, 5) is 26.0. The quantitative estimate of drug-likeness (QED) is 0.478. The highest BCUT2D eigenvalue weighted by Gasteiger charge is 2.60. The van der Waals surface area contributed by atoms with E-state index in [0.29, 0.717) is 16.7 Å². The van der Waals surface area contributed by atoms with Crippen molar-refractivity contribution in [2.75, 3.05) is 7.11 Å². The summed E-state index contributed by atoms with van der Waals surface area (Å²) >= 11 is 0. The number of carbonyl (C=O) groups is 2. The smallest absolute Gasteiger partial charge is 0.338 e. The van der Waals surface area contributed by atoms with Gasteiger partial charge in [0.25, 0.3) is 0 Å². The van der Waals surface area contributed by atoms with Gasteiger partial charge in [-0.2, -0.15) is 0 Å². The molecule has 0 amide bonds. The average molecular weight is 491 g/mol. The molecule has 0 unspecified atom stereocenters. The van der Waals surface area contributed by atoms with Crippen molar-refractivity contribution in [2.45, 2.75) is 43.6 Å². The molecule has 5 rings (SSSR count). The molecule has 3 aromatic carbocycles. The van der Waals surface area contributed by atoms with E-state index in [-0.39, 0.29) is 0 Å². The summed E-state index contributed by atoms with van der Waals surface area (Å²) in [5.41, 5.74) is 1.31. The van der Waals surface area contributed by atoms with E-state index in [0.717, 1.165) is 0 Å². The van der Waals surface area contributed by atoms with Crippen LogP contribution in [-0.4, -0.2) is 49.8 Å². The maximum absolute atomic E-state index is 13.1. The number of rotatable bonds is 6. The van der Waals surface area contributed by atoms with Crippen molar-refractivity contribution in [1.29, 1.82) is 0 Å². The molecule has 8 nitrogen and oxygen atoms in total. The van der Waals surface area contributed by atoms with E-state index in [9.17, 15) is 9.59 Å². The van der Waals surface area contributed by atoms with Crippen molar-refractivity contribution in [3.8, 4) is 0 Å². The molecule has 2 aliphatic rings. The molecule has 2 fully saturated rings. The van der Waals surface area contributed by atoms with Crippen LogP contribution in [-0.2, 0) is 34.4 Å². The molecule has 0 spiro atoms. The van der Waals surface area contributed by atoms with Crippen molar-refractivity contribution in [3.63, 3.8) is 0 Å². The van der Waals surface area contributed by atoms with Crippen LogP contribution < -0.4 is 0 Å². The zero-order valence-corrected chi connectivity index (χ0v) is 19.8.